The average Bonchev–Trinajstić information content (AvgIpc) is 3.49. The van der Waals surface area contributed by atoms with Crippen LogP contribution in [0.2, 0.25) is 5.02 Å². The summed E-state index contributed by atoms with van der Waals surface area (Å²) in [5.74, 6) is 1.51. The van der Waals surface area contributed by atoms with E-state index in [1.807, 2.05) is 36.4 Å². The number of aromatic nitrogens is 2. The average molecular weight is 801 g/mol. The quantitative estimate of drug-likeness (QED) is 0.0754. The summed E-state index contributed by atoms with van der Waals surface area (Å²) in [4.78, 5) is 51.4. The normalized spacial score (nSPS) is 17.7. The van der Waals surface area contributed by atoms with Gasteiger partial charge >= 0.3 is 0 Å². The number of methoxy groups -OCH3 is 1. The number of nitrogens with one attached hydrogen (secondary N) is 2. The van der Waals surface area contributed by atoms with E-state index in [0.29, 0.717) is 54.0 Å². The van der Waals surface area contributed by atoms with Gasteiger partial charge in [-0.15, -0.1) is 11.8 Å². The van der Waals surface area contributed by atoms with Crippen LogP contribution in [0.3, 0.4) is 0 Å². The molecule has 1 aromatic heterocycles. The number of benzene rings is 3. The Morgan fingerprint density at radius 2 is 1.80 bits per heavy atom. The fourth-order valence-corrected chi connectivity index (χ4v) is 9.97. The first-order valence-corrected chi connectivity index (χ1v) is 22.6. The Balaban J connectivity index is 0.885. The van der Waals surface area contributed by atoms with Gasteiger partial charge < -0.3 is 24.4 Å². The molecule has 0 saturated carbocycles. The maximum Gasteiger partial charge on any atom is 0.255 e. The molecule has 288 valence electrons. The lowest BCUT2D eigenvalue weighted by Crippen LogP contribution is -2.52. The number of rotatable bonds is 13. The molecule has 3 amide bonds. The number of hydrogen-bond donors (Lipinski definition) is 2. The van der Waals surface area contributed by atoms with Gasteiger partial charge in [0.05, 0.1) is 17.8 Å². The van der Waals surface area contributed by atoms with Crippen molar-refractivity contribution in [3.8, 4) is 5.75 Å². The maximum atomic E-state index is 13.0. The Bertz CT molecular complexity index is 2160. The third-order valence-corrected chi connectivity index (χ3v) is 13.5. The Hall–Kier alpha value is -4.22. The highest BCUT2D eigenvalue weighted by Gasteiger charge is 2.39. The van der Waals surface area contributed by atoms with E-state index < -0.39 is 13.2 Å². The third kappa shape index (κ3) is 9.10. The first kappa shape index (κ1) is 39.0. The second-order valence-electron chi connectivity index (χ2n) is 14.7. The summed E-state index contributed by atoms with van der Waals surface area (Å²) in [6, 6.07) is 19.8. The SMILES string of the molecule is COc1cc(N2CCC(NCCSc3ccc4c(c3)CN(C3CCC(=O)NC3=O)C4=O)CC2)ccc1Cc1ncc(Cl)c(Cc2ccccc2P(C)(C)=O)n1. The molecule has 55 heavy (non-hydrogen) atoms. The number of fused-ring (bicyclic) bond motifs is 1. The highest BCUT2D eigenvalue weighted by Crippen LogP contribution is 2.37. The lowest BCUT2D eigenvalue weighted by molar-refractivity contribution is -0.136. The van der Waals surface area contributed by atoms with Crippen LogP contribution in [-0.4, -0.2) is 90.5 Å². The van der Waals surface area contributed by atoms with Crippen molar-refractivity contribution in [3.05, 3.63) is 106 Å². The summed E-state index contributed by atoms with van der Waals surface area (Å²) in [5, 5.41) is 7.42. The largest absolute Gasteiger partial charge is 0.496 e. The molecule has 2 saturated heterocycles. The number of hydrogen-bond acceptors (Lipinski definition) is 10. The first-order chi connectivity index (χ1) is 26.5. The second-order valence-corrected chi connectivity index (χ2v) is 19.5. The fourth-order valence-electron chi connectivity index (χ4n) is 7.68. The minimum atomic E-state index is -2.47. The smallest absolute Gasteiger partial charge is 0.255 e. The van der Waals surface area contributed by atoms with Gasteiger partial charge in [0.15, 0.2) is 0 Å². The van der Waals surface area contributed by atoms with Gasteiger partial charge in [0.25, 0.3) is 5.91 Å². The Labute approximate surface area is 331 Å². The predicted octanol–water partition coefficient (Wildman–Crippen LogP) is 5.68. The number of piperidine rings is 2. The van der Waals surface area contributed by atoms with E-state index in [0.717, 1.165) is 76.6 Å². The minimum absolute atomic E-state index is 0.147. The highest BCUT2D eigenvalue weighted by molar-refractivity contribution is 7.99. The van der Waals surface area contributed by atoms with E-state index in [2.05, 4.69) is 44.8 Å². The minimum Gasteiger partial charge on any atom is -0.496 e. The van der Waals surface area contributed by atoms with E-state index in [4.69, 9.17) is 21.3 Å². The van der Waals surface area contributed by atoms with Crippen molar-refractivity contribution in [1.82, 2.24) is 25.5 Å². The number of imide groups is 1. The number of thioether (sulfide) groups is 1. The molecular formula is C41H46ClN6O5PS. The van der Waals surface area contributed by atoms with E-state index in [9.17, 15) is 18.9 Å². The van der Waals surface area contributed by atoms with Crippen molar-refractivity contribution in [2.45, 2.75) is 62.0 Å². The van der Waals surface area contributed by atoms with E-state index >= 15 is 0 Å². The number of carbonyl (C=O) groups is 3. The lowest BCUT2D eigenvalue weighted by Gasteiger charge is -2.34. The van der Waals surface area contributed by atoms with Gasteiger partial charge in [-0.2, -0.15) is 0 Å². The van der Waals surface area contributed by atoms with Crippen LogP contribution >= 0.6 is 30.5 Å². The van der Waals surface area contributed by atoms with Crippen molar-refractivity contribution in [1.29, 1.82) is 0 Å². The molecule has 4 aromatic rings. The van der Waals surface area contributed by atoms with Crippen LogP contribution in [-0.2, 0) is 33.5 Å². The van der Waals surface area contributed by atoms with Gasteiger partial charge in [-0.25, -0.2) is 9.97 Å². The van der Waals surface area contributed by atoms with E-state index in [1.165, 1.54) is 0 Å². The molecule has 7 rings (SSSR count). The number of nitrogens with zero attached hydrogens (tertiary/aromatic N) is 4. The van der Waals surface area contributed by atoms with Crippen LogP contribution in [0.4, 0.5) is 5.69 Å². The van der Waals surface area contributed by atoms with Crippen LogP contribution in [0.25, 0.3) is 0 Å². The van der Waals surface area contributed by atoms with E-state index in [1.54, 1.807) is 43.3 Å². The highest BCUT2D eigenvalue weighted by atomic mass is 35.5. The molecule has 0 spiro atoms. The van der Waals surface area contributed by atoms with Crippen LogP contribution in [0, 0.1) is 0 Å². The molecule has 3 aliphatic heterocycles. The lowest BCUT2D eigenvalue weighted by atomic mass is 10.0. The van der Waals surface area contributed by atoms with Crippen LogP contribution in [0.5, 0.6) is 5.75 Å². The topological polar surface area (TPSA) is 134 Å². The zero-order valence-corrected chi connectivity index (χ0v) is 33.8. The number of anilines is 1. The standard InChI is InChI=1S/C41H46ClN6O5PS/c1-53-36-23-30(9-8-26(36)22-38-44-24-33(42)34(45-38)21-27-6-4-5-7-37(27)54(2,3)52)47-17-14-29(15-18-47)43-16-19-55-31-10-11-32-28(20-31)25-48(41(32)51)35-12-13-39(49)46-40(35)50/h4-11,20,23-24,29,35,43H,12-19,21-22,25H2,1-3H3,(H,46,49,50). The molecule has 2 fully saturated rings. The van der Waals surface area contributed by atoms with Crippen molar-refractivity contribution in [2.75, 3.05) is 50.7 Å². The predicted molar refractivity (Wildman–Crippen MR) is 218 cm³/mol. The summed E-state index contributed by atoms with van der Waals surface area (Å²) in [6.45, 7) is 6.69. The zero-order chi connectivity index (χ0) is 38.7. The van der Waals surface area contributed by atoms with Gasteiger partial charge in [-0.05, 0) is 68.0 Å². The number of ether oxygens (including phenoxy) is 1. The Kier molecular flexibility index (Phi) is 12.0. The summed E-state index contributed by atoms with van der Waals surface area (Å²) >= 11 is 8.30. The Morgan fingerprint density at radius 3 is 2.56 bits per heavy atom. The second kappa shape index (κ2) is 16.9. The molecule has 4 heterocycles. The summed E-state index contributed by atoms with van der Waals surface area (Å²) in [7, 11) is -0.780. The molecule has 2 N–H and O–H groups in total. The molecule has 0 aliphatic carbocycles. The molecule has 11 nitrogen and oxygen atoms in total. The van der Waals surface area contributed by atoms with Crippen molar-refractivity contribution in [2.24, 2.45) is 0 Å². The molecular weight excluding hydrogens is 755 g/mol. The van der Waals surface area contributed by atoms with Gasteiger partial charge in [-0.1, -0.05) is 41.9 Å². The Morgan fingerprint density at radius 1 is 1.00 bits per heavy atom. The summed E-state index contributed by atoms with van der Waals surface area (Å²) in [6.07, 6.45) is 5.28. The summed E-state index contributed by atoms with van der Waals surface area (Å²) in [5.41, 5.74) is 5.34. The molecule has 0 radical (unpaired) electrons. The molecule has 0 bridgehead atoms. The van der Waals surface area contributed by atoms with Gasteiger partial charge in [-0.3, -0.25) is 19.7 Å². The molecule has 3 aliphatic rings. The molecule has 3 aromatic carbocycles. The van der Waals surface area contributed by atoms with Gasteiger partial charge in [0.1, 0.15) is 24.8 Å². The number of halogens is 1. The molecule has 1 atom stereocenters. The fraction of sp³-hybridized carbons (Fsp3) is 0.390. The zero-order valence-electron chi connectivity index (χ0n) is 31.3. The van der Waals surface area contributed by atoms with Gasteiger partial charge in [0.2, 0.25) is 11.8 Å². The number of carbonyl (C=O) groups excluding carboxylic acids is 3. The first-order valence-electron chi connectivity index (χ1n) is 18.7. The molecule has 1 unspecified atom stereocenters. The van der Waals surface area contributed by atoms with Crippen LogP contribution < -0.4 is 25.6 Å². The molecule has 14 heteroatoms. The van der Waals surface area contributed by atoms with Gasteiger partial charge in [0, 0.05) is 96.5 Å². The van der Waals surface area contributed by atoms with Crippen molar-refractivity contribution in [3.63, 3.8) is 0 Å². The summed E-state index contributed by atoms with van der Waals surface area (Å²) < 4.78 is 18.8. The maximum absolute atomic E-state index is 13.0. The van der Waals surface area contributed by atoms with Crippen molar-refractivity contribution < 1.29 is 23.7 Å². The number of amides is 3. The van der Waals surface area contributed by atoms with Crippen LogP contribution in [0.15, 0.2) is 71.8 Å². The monoisotopic (exact) mass is 800 g/mol. The van der Waals surface area contributed by atoms with E-state index in [-0.39, 0.29) is 24.1 Å². The third-order valence-electron chi connectivity index (χ3n) is 10.6. The van der Waals surface area contributed by atoms with Crippen molar-refractivity contribution >= 4 is 59.2 Å². The van der Waals surface area contributed by atoms with Crippen LogP contribution in [0.1, 0.15) is 64.2 Å².